The van der Waals surface area contributed by atoms with Gasteiger partial charge in [0.05, 0.1) is 13.0 Å². The first-order chi connectivity index (χ1) is 11.2. The van der Waals surface area contributed by atoms with Gasteiger partial charge in [0.25, 0.3) is 0 Å². The minimum atomic E-state index is -0.295. The van der Waals surface area contributed by atoms with Gasteiger partial charge >= 0.3 is 5.97 Å². The molecule has 4 heteroatoms. The molecular weight excluding hydrogens is 324 g/mol. The number of hydrogen-bond donors (Lipinski definition) is 0. The zero-order chi connectivity index (χ0) is 18.3. The van der Waals surface area contributed by atoms with Crippen molar-refractivity contribution in [2.45, 2.75) is 46.5 Å². The molecule has 1 aromatic carbocycles. The van der Waals surface area contributed by atoms with Crippen LogP contribution in [0.4, 0.5) is 0 Å². The van der Waals surface area contributed by atoms with Crippen molar-refractivity contribution in [1.29, 1.82) is 0 Å². The Morgan fingerprint density at radius 3 is 2.50 bits per heavy atom. The maximum absolute atomic E-state index is 11.9. The van der Waals surface area contributed by atoms with Gasteiger partial charge in [-0.2, -0.15) is 0 Å². The first-order valence-corrected chi connectivity index (χ1v) is 8.49. The lowest BCUT2D eigenvalue weighted by Gasteiger charge is -2.23. The minimum absolute atomic E-state index is 0.125. The highest BCUT2D eigenvalue weighted by Crippen LogP contribution is 2.35. The lowest BCUT2D eigenvalue weighted by molar-refractivity contribution is -0.142. The van der Waals surface area contributed by atoms with Crippen LogP contribution in [0, 0.1) is 0 Å². The number of carbonyl (C=O) groups excluding carboxylic acids is 1. The smallest absolute Gasteiger partial charge is 0.310 e. The van der Waals surface area contributed by atoms with Crippen LogP contribution in [-0.4, -0.2) is 19.2 Å². The summed E-state index contributed by atoms with van der Waals surface area (Å²) < 4.78 is 11.0. The van der Waals surface area contributed by atoms with E-state index >= 15 is 0 Å². The van der Waals surface area contributed by atoms with Crippen molar-refractivity contribution in [2.75, 3.05) is 13.2 Å². The van der Waals surface area contributed by atoms with Crippen LogP contribution >= 0.6 is 11.6 Å². The summed E-state index contributed by atoms with van der Waals surface area (Å²) in [6, 6.07) is 3.73. The van der Waals surface area contributed by atoms with E-state index in [0.29, 0.717) is 24.0 Å². The van der Waals surface area contributed by atoms with Gasteiger partial charge < -0.3 is 9.47 Å². The second-order valence-electron chi connectivity index (χ2n) is 6.53. The van der Waals surface area contributed by atoms with Crippen molar-refractivity contribution in [3.63, 3.8) is 0 Å². The number of allylic oxidation sites excluding steroid dienone is 1. The molecule has 1 rings (SSSR count). The van der Waals surface area contributed by atoms with Crippen molar-refractivity contribution in [3.8, 4) is 5.75 Å². The Kier molecular flexibility index (Phi) is 7.56. The fourth-order valence-corrected chi connectivity index (χ4v) is 2.70. The number of carbonyl (C=O) groups is 1. The third-order valence-corrected chi connectivity index (χ3v) is 3.94. The van der Waals surface area contributed by atoms with Crippen LogP contribution in [0.25, 0.3) is 0 Å². The van der Waals surface area contributed by atoms with E-state index in [-0.39, 0.29) is 17.8 Å². The maximum atomic E-state index is 11.9. The van der Waals surface area contributed by atoms with Gasteiger partial charge in [-0.25, -0.2) is 0 Å². The van der Waals surface area contributed by atoms with E-state index in [2.05, 4.69) is 27.4 Å². The summed E-state index contributed by atoms with van der Waals surface area (Å²) in [4.78, 5) is 11.9. The summed E-state index contributed by atoms with van der Waals surface area (Å²) in [5.74, 6) is 0.357. The molecule has 0 fully saturated rings. The average molecular weight is 351 g/mol. The molecule has 0 N–H and O–H groups in total. The van der Waals surface area contributed by atoms with Gasteiger partial charge in [0.2, 0.25) is 0 Å². The van der Waals surface area contributed by atoms with Crippen LogP contribution in [0.1, 0.15) is 45.7 Å². The second-order valence-corrected chi connectivity index (χ2v) is 6.94. The Morgan fingerprint density at radius 2 is 2.00 bits per heavy atom. The molecule has 132 valence electrons. The van der Waals surface area contributed by atoms with E-state index in [1.807, 2.05) is 19.1 Å². The molecular formula is C20H27ClO3. The first-order valence-electron chi connectivity index (χ1n) is 8.11. The topological polar surface area (TPSA) is 35.5 Å². The number of halogens is 1. The van der Waals surface area contributed by atoms with E-state index in [0.717, 1.165) is 16.7 Å². The summed E-state index contributed by atoms with van der Waals surface area (Å²) in [7, 11) is 0. The predicted molar refractivity (Wildman–Crippen MR) is 99.9 cm³/mol. The van der Waals surface area contributed by atoms with Crippen molar-refractivity contribution >= 4 is 17.6 Å². The van der Waals surface area contributed by atoms with Gasteiger partial charge in [0.15, 0.2) is 0 Å². The molecule has 24 heavy (non-hydrogen) atoms. The van der Waals surface area contributed by atoms with Crippen LogP contribution in [0.15, 0.2) is 36.4 Å². The number of hydrogen-bond acceptors (Lipinski definition) is 3. The molecule has 0 amide bonds. The zero-order valence-electron chi connectivity index (χ0n) is 15.2. The molecule has 0 bridgehead atoms. The van der Waals surface area contributed by atoms with Crippen LogP contribution in [-0.2, 0) is 21.4 Å². The van der Waals surface area contributed by atoms with Crippen LogP contribution < -0.4 is 4.74 Å². The number of esters is 1. The Morgan fingerprint density at radius 1 is 1.33 bits per heavy atom. The quantitative estimate of drug-likeness (QED) is 0.497. The van der Waals surface area contributed by atoms with E-state index < -0.39 is 0 Å². The van der Waals surface area contributed by atoms with E-state index in [1.165, 1.54) is 0 Å². The fraction of sp³-hybridized carbons (Fsp3) is 0.450. The number of benzene rings is 1. The number of rotatable bonds is 7. The molecule has 0 spiro atoms. The molecule has 0 radical (unpaired) electrons. The normalized spacial score (nSPS) is 12.0. The Labute approximate surface area is 150 Å². The second kappa shape index (κ2) is 8.93. The predicted octanol–water partition coefficient (Wildman–Crippen LogP) is 5.25. The van der Waals surface area contributed by atoms with Gasteiger partial charge in [-0.3, -0.25) is 4.79 Å². The molecule has 0 saturated carbocycles. The zero-order valence-corrected chi connectivity index (χ0v) is 16.0. The molecule has 0 aliphatic carbocycles. The van der Waals surface area contributed by atoms with Crippen LogP contribution in [0.2, 0.25) is 5.02 Å². The van der Waals surface area contributed by atoms with Crippen LogP contribution in [0.3, 0.4) is 0 Å². The monoisotopic (exact) mass is 350 g/mol. The van der Waals surface area contributed by atoms with Gasteiger partial charge in [-0.1, -0.05) is 51.1 Å². The summed E-state index contributed by atoms with van der Waals surface area (Å²) in [6.07, 6.45) is 3.83. The van der Waals surface area contributed by atoms with Crippen molar-refractivity contribution < 1.29 is 14.3 Å². The van der Waals surface area contributed by atoms with Gasteiger partial charge in [0, 0.05) is 10.6 Å². The van der Waals surface area contributed by atoms with Gasteiger partial charge in [0.1, 0.15) is 12.4 Å². The van der Waals surface area contributed by atoms with Gasteiger partial charge in [-0.05, 0) is 42.5 Å². The Bertz CT molecular complexity index is 625. The molecule has 0 unspecified atom stereocenters. The molecule has 0 aromatic heterocycles. The lowest BCUT2D eigenvalue weighted by atomic mass is 9.86. The summed E-state index contributed by atoms with van der Waals surface area (Å²) in [6.45, 7) is 14.5. The maximum Gasteiger partial charge on any atom is 0.310 e. The fourth-order valence-electron chi connectivity index (χ4n) is 2.23. The highest BCUT2D eigenvalue weighted by molar-refractivity contribution is 6.31. The number of ether oxygens (including phenoxy) is 2. The van der Waals surface area contributed by atoms with E-state index in [1.54, 1.807) is 19.1 Å². The molecule has 0 saturated heterocycles. The van der Waals surface area contributed by atoms with E-state index in [4.69, 9.17) is 21.1 Å². The van der Waals surface area contributed by atoms with Crippen molar-refractivity contribution in [3.05, 3.63) is 52.6 Å². The van der Waals surface area contributed by atoms with Crippen LogP contribution in [0.5, 0.6) is 5.75 Å². The largest absolute Gasteiger partial charge is 0.489 e. The van der Waals surface area contributed by atoms with Crippen molar-refractivity contribution in [1.82, 2.24) is 0 Å². The third kappa shape index (κ3) is 5.72. The highest BCUT2D eigenvalue weighted by Gasteiger charge is 2.21. The molecule has 0 aliphatic rings. The summed E-state index contributed by atoms with van der Waals surface area (Å²) >= 11 is 6.43. The molecule has 0 aliphatic heterocycles. The SMILES string of the molecule is C=C/C(=C\C)COc1cc(C(C)(C)C)c(Cl)cc1CC(=O)OCC. The summed E-state index contributed by atoms with van der Waals surface area (Å²) in [5, 5.41) is 0.629. The minimum Gasteiger partial charge on any atom is -0.489 e. The lowest BCUT2D eigenvalue weighted by Crippen LogP contribution is -2.15. The van der Waals surface area contributed by atoms with Gasteiger partial charge in [-0.15, -0.1) is 0 Å². The molecule has 1 aromatic rings. The Hall–Kier alpha value is -1.74. The standard InChI is InChI=1S/C20H27ClO3/c1-7-14(8-2)13-24-18-12-16(20(4,5)6)17(21)10-15(18)11-19(22)23-9-3/h7-8,10,12H,1,9,11,13H2,2-6H3/b14-8+. The summed E-state index contributed by atoms with van der Waals surface area (Å²) in [5.41, 5.74) is 2.56. The molecule has 0 heterocycles. The molecule has 3 nitrogen and oxygen atoms in total. The van der Waals surface area contributed by atoms with E-state index in [9.17, 15) is 4.79 Å². The first kappa shape index (κ1) is 20.3. The molecule has 0 atom stereocenters. The highest BCUT2D eigenvalue weighted by atomic mass is 35.5. The third-order valence-electron chi connectivity index (χ3n) is 3.63. The average Bonchev–Trinajstić information content (AvgIpc) is 2.48. The Balaban J connectivity index is 3.22. The van der Waals surface area contributed by atoms with Crippen molar-refractivity contribution in [2.24, 2.45) is 0 Å².